The van der Waals surface area contributed by atoms with Crippen molar-refractivity contribution in [1.82, 2.24) is 10.2 Å². The van der Waals surface area contributed by atoms with Gasteiger partial charge in [0.15, 0.2) is 5.78 Å². The second-order valence-electron chi connectivity index (χ2n) is 5.56. The molecular formula is C17H26N2O. The second-order valence-corrected chi connectivity index (χ2v) is 5.56. The summed E-state index contributed by atoms with van der Waals surface area (Å²) in [5.41, 5.74) is 0.842. The highest BCUT2D eigenvalue weighted by Crippen LogP contribution is 2.14. The van der Waals surface area contributed by atoms with E-state index in [-0.39, 0.29) is 5.78 Å². The van der Waals surface area contributed by atoms with Crippen LogP contribution in [-0.4, -0.2) is 42.9 Å². The number of piperidine rings is 1. The molecule has 20 heavy (non-hydrogen) atoms. The Labute approximate surface area is 122 Å². The van der Waals surface area contributed by atoms with Crippen LogP contribution in [0.2, 0.25) is 0 Å². The molecule has 0 aliphatic carbocycles. The van der Waals surface area contributed by atoms with Gasteiger partial charge in [0.2, 0.25) is 0 Å². The van der Waals surface area contributed by atoms with Gasteiger partial charge in [0, 0.05) is 24.6 Å². The SMILES string of the molecule is CCCN(CCC(=O)c1ccccc1)C1CCNCC1. The van der Waals surface area contributed by atoms with E-state index in [1.54, 1.807) is 0 Å². The van der Waals surface area contributed by atoms with Crippen LogP contribution >= 0.6 is 0 Å². The minimum Gasteiger partial charge on any atom is -0.317 e. The maximum atomic E-state index is 12.2. The van der Waals surface area contributed by atoms with Gasteiger partial charge < -0.3 is 5.32 Å². The molecule has 0 bridgehead atoms. The smallest absolute Gasteiger partial charge is 0.164 e. The second kappa shape index (κ2) is 8.18. The number of hydrogen-bond donors (Lipinski definition) is 1. The van der Waals surface area contributed by atoms with E-state index in [4.69, 9.17) is 0 Å². The Bertz CT molecular complexity index is 399. The van der Waals surface area contributed by atoms with E-state index < -0.39 is 0 Å². The molecule has 110 valence electrons. The molecule has 3 heteroatoms. The molecule has 1 heterocycles. The van der Waals surface area contributed by atoms with Crippen LogP contribution in [-0.2, 0) is 0 Å². The van der Waals surface area contributed by atoms with Gasteiger partial charge in [-0.25, -0.2) is 0 Å². The van der Waals surface area contributed by atoms with Crippen molar-refractivity contribution in [2.45, 2.75) is 38.6 Å². The fourth-order valence-electron chi connectivity index (χ4n) is 2.95. The Morgan fingerprint density at radius 1 is 1.20 bits per heavy atom. The minimum absolute atomic E-state index is 0.264. The van der Waals surface area contributed by atoms with Crippen molar-refractivity contribution in [2.75, 3.05) is 26.2 Å². The van der Waals surface area contributed by atoms with Crippen molar-refractivity contribution in [3.63, 3.8) is 0 Å². The average Bonchev–Trinajstić information content (AvgIpc) is 2.53. The van der Waals surface area contributed by atoms with Gasteiger partial charge in [0.1, 0.15) is 0 Å². The van der Waals surface area contributed by atoms with E-state index in [0.717, 1.165) is 38.2 Å². The third kappa shape index (κ3) is 4.43. The van der Waals surface area contributed by atoms with Gasteiger partial charge in [-0.15, -0.1) is 0 Å². The first-order chi connectivity index (χ1) is 9.81. The zero-order valence-corrected chi connectivity index (χ0v) is 12.5. The first-order valence-electron chi connectivity index (χ1n) is 7.84. The van der Waals surface area contributed by atoms with E-state index in [1.807, 2.05) is 30.3 Å². The van der Waals surface area contributed by atoms with Gasteiger partial charge in [-0.3, -0.25) is 9.69 Å². The zero-order valence-electron chi connectivity index (χ0n) is 12.5. The van der Waals surface area contributed by atoms with Crippen LogP contribution < -0.4 is 5.32 Å². The minimum atomic E-state index is 0.264. The molecule has 1 aromatic rings. The molecule has 0 atom stereocenters. The monoisotopic (exact) mass is 274 g/mol. The maximum Gasteiger partial charge on any atom is 0.164 e. The zero-order chi connectivity index (χ0) is 14.2. The summed E-state index contributed by atoms with van der Waals surface area (Å²) in [4.78, 5) is 14.7. The Balaban J connectivity index is 1.86. The van der Waals surface area contributed by atoms with Crippen molar-refractivity contribution in [2.24, 2.45) is 0 Å². The Kier molecular flexibility index (Phi) is 6.22. The molecule has 1 aliphatic heterocycles. The number of ketones is 1. The summed E-state index contributed by atoms with van der Waals surface area (Å²) in [7, 11) is 0. The van der Waals surface area contributed by atoms with Gasteiger partial charge in [-0.2, -0.15) is 0 Å². The standard InChI is InChI=1S/C17H26N2O/c1-2-13-19(16-8-11-18-12-9-16)14-10-17(20)15-6-4-3-5-7-15/h3-7,16,18H,2,8-14H2,1H3. The number of rotatable bonds is 7. The molecule has 1 saturated heterocycles. The van der Waals surface area contributed by atoms with E-state index >= 15 is 0 Å². The van der Waals surface area contributed by atoms with Gasteiger partial charge in [0.25, 0.3) is 0 Å². The van der Waals surface area contributed by atoms with E-state index in [9.17, 15) is 4.79 Å². The summed E-state index contributed by atoms with van der Waals surface area (Å²) in [6, 6.07) is 10.3. The van der Waals surface area contributed by atoms with Crippen molar-refractivity contribution in [3.8, 4) is 0 Å². The maximum absolute atomic E-state index is 12.2. The fourth-order valence-corrected chi connectivity index (χ4v) is 2.95. The quantitative estimate of drug-likeness (QED) is 0.776. The number of carbonyl (C=O) groups excluding carboxylic acids is 1. The molecule has 0 unspecified atom stereocenters. The Morgan fingerprint density at radius 3 is 2.55 bits per heavy atom. The highest BCUT2D eigenvalue weighted by Gasteiger charge is 2.20. The molecule has 1 aliphatic rings. The average molecular weight is 274 g/mol. The van der Waals surface area contributed by atoms with E-state index in [2.05, 4.69) is 17.1 Å². The number of carbonyl (C=O) groups is 1. The fraction of sp³-hybridized carbons (Fsp3) is 0.588. The molecule has 1 fully saturated rings. The Hall–Kier alpha value is -1.19. The highest BCUT2D eigenvalue weighted by atomic mass is 16.1. The predicted molar refractivity (Wildman–Crippen MR) is 83.1 cm³/mol. The number of Topliss-reactive ketones (excluding diaryl/α,β-unsaturated/α-hetero) is 1. The first-order valence-corrected chi connectivity index (χ1v) is 7.84. The molecule has 0 aromatic heterocycles. The van der Waals surface area contributed by atoms with Crippen LogP contribution in [0.1, 0.15) is 43.0 Å². The third-order valence-electron chi connectivity index (χ3n) is 4.06. The highest BCUT2D eigenvalue weighted by molar-refractivity contribution is 5.96. The summed E-state index contributed by atoms with van der Waals surface area (Å²) in [6.07, 6.45) is 4.20. The third-order valence-corrected chi connectivity index (χ3v) is 4.06. The lowest BCUT2D eigenvalue weighted by molar-refractivity contribution is 0.0937. The number of nitrogens with zero attached hydrogens (tertiary/aromatic N) is 1. The summed E-state index contributed by atoms with van der Waals surface area (Å²) in [6.45, 7) is 6.43. The molecule has 0 spiro atoms. The molecule has 2 rings (SSSR count). The van der Waals surface area contributed by atoms with Gasteiger partial charge in [0.05, 0.1) is 0 Å². The van der Waals surface area contributed by atoms with Crippen molar-refractivity contribution < 1.29 is 4.79 Å². The molecule has 3 nitrogen and oxygen atoms in total. The summed E-state index contributed by atoms with van der Waals surface area (Å²) in [5.74, 6) is 0.264. The van der Waals surface area contributed by atoms with Crippen LogP contribution in [0.5, 0.6) is 0 Å². The van der Waals surface area contributed by atoms with Crippen LogP contribution in [0.3, 0.4) is 0 Å². The molecular weight excluding hydrogens is 248 g/mol. The lowest BCUT2D eigenvalue weighted by Gasteiger charge is -2.34. The summed E-state index contributed by atoms with van der Waals surface area (Å²) < 4.78 is 0. The molecule has 0 radical (unpaired) electrons. The number of benzene rings is 1. The van der Waals surface area contributed by atoms with Crippen LogP contribution in [0, 0.1) is 0 Å². The van der Waals surface area contributed by atoms with Crippen molar-refractivity contribution in [3.05, 3.63) is 35.9 Å². The largest absolute Gasteiger partial charge is 0.317 e. The van der Waals surface area contributed by atoms with Crippen LogP contribution in [0.25, 0.3) is 0 Å². The number of hydrogen-bond acceptors (Lipinski definition) is 3. The van der Waals surface area contributed by atoms with Crippen molar-refractivity contribution in [1.29, 1.82) is 0 Å². The first kappa shape index (κ1) is 15.2. The molecule has 0 amide bonds. The lowest BCUT2D eigenvalue weighted by atomic mass is 10.0. The molecule has 0 saturated carbocycles. The van der Waals surface area contributed by atoms with Gasteiger partial charge >= 0.3 is 0 Å². The van der Waals surface area contributed by atoms with Gasteiger partial charge in [-0.05, 0) is 38.9 Å². The summed E-state index contributed by atoms with van der Waals surface area (Å²) >= 11 is 0. The molecule has 1 N–H and O–H groups in total. The van der Waals surface area contributed by atoms with Crippen molar-refractivity contribution >= 4 is 5.78 Å². The Morgan fingerprint density at radius 2 is 1.90 bits per heavy atom. The van der Waals surface area contributed by atoms with E-state index in [1.165, 1.54) is 12.8 Å². The normalized spacial score (nSPS) is 16.5. The summed E-state index contributed by atoms with van der Waals surface area (Å²) in [5, 5.41) is 3.41. The predicted octanol–water partition coefficient (Wildman–Crippen LogP) is 2.72. The van der Waals surface area contributed by atoms with Crippen LogP contribution in [0.15, 0.2) is 30.3 Å². The molecule has 1 aromatic carbocycles. The van der Waals surface area contributed by atoms with E-state index in [0.29, 0.717) is 12.5 Å². The van der Waals surface area contributed by atoms with Gasteiger partial charge in [-0.1, -0.05) is 37.3 Å². The number of nitrogens with one attached hydrogen (secondary N) is 1. The lowest BCUT2D eigenvalue weighted by Crippen LogP contribution is -2.44. The van der Waals surface area contributed by atoms with Crippen LogP contribution in [0.4, 0.5) is 0 Å². The topological polar surface area (TPSA) is 32.3 Å².